The van der Waals surface area contributed by atoms with E-state index in [1.807, 2.05) is 36.4 Å². The summed E-state index contributed by atoms with van der Waals surface area (Å²) in [6.07, 6.45) is 3.05. The molecule has 0 aliphatic carbocycles. The molecular weight excluding hydrogens is 388 g/mol. The van der Waals surface area contributed by atoms with Gasteiger partial charge in [-0.25, -0.2) is 0 Å². The highest BCUT2D eigenvalue weighted by molar-refractivity contribution is 6.32. The molecule has 0 aliphatic heterocycles. The van der Waals surface area contributed by atoms with Crippen LogP contribution in [0.4, 0.5) is 11.4 Å². The number of benzene rings is 3. The van der Waals surface area contributed by atoms with Crippen molar-refractivity contribution in [2.24, 2.45) is 0 Å². The van der Waals surface area contributed by atoms with Crippen LogP contribution in [-0.4, -0.2) is 18.4 Å². The third-order valence-corrected chi connectivity index (χ3v) is 4.19. The van der Waals surface area contributed by atoms with E-state index in [9.17, 15) is 9.59 Å². The van der Waals surface area contributed by atoms with Crippen molar-refractivity contribution in [3.63, 3.8) is 0 Å². The number of rotatable bonds is 7. The molecule has 0 saturated heterocycles. The van der Waals surface area contributed by atoms with Crippen LogP contribution < -0.4 is 15.4 Å². The molecular formula is C23H19ClN2O3. The number of anilines is 2. The lowest BCUT2D eigenvalue weighted by Gasteiger charge is -2.09. The molecule has 146 valence electrons. The van der Waals surface area contributed by atoms with Gasteiger partial charge in [0.2, 0.25) is 5.91 Å². The molecule has 2 amide bonds. The first-order valence-electron chi connectivity index (χ1n) is 8.91. The Morgan fingerprint density at radius 1 is 0.862 bits per heavy atom. The van der Waals surface area contributed by atoms with Crippen LogP contribution in [0.5, 0.6) is 5.75 Å². The summed E-state index contributed by atoms with van der Waals surface area (Å²) in [4.78, 5) is 24.2. The maximum absolute atomic E-state index is 12.1. The van der Waals surface area contributed by atoms with E-state index in [2.05, 4.69) is 10.6 Å². The van der Waals surface area contributed by atoms with Crippen molar-refractivity contribution in [2.75, 3.05) is 17.2 Å². The predicted molar refractivity (Wildman–Crippen MR) is 116 cm³/mol. The van der Waals surface area contributed by atoms with Gasteiger partial charge in [-0.1, -0.05) is 54.1 Å². The zero-order valence-corrected chi connectivity index (χ0v) is 16.2. The minimum Gasteiger partial charge on any atom is -0.484 e. The number of hydrogen-bond donors (Lipinski definition) is 2. The lowest BCUT2D eigenvalue weighted by molar-refractivity contribution is -0.118. The largest absolute Gasteiger partial charge is 0.484 e. The number of nitrogens with one attached hydrogen (secondary N) is 2. The van der Waals surface area contributed by atoms with Gasteiger partial charge in [-0.05, 0) is 48.0 Å². The summed E-state index contributed by atoms with van der Waals surface area (Å²) in [5, 5.41) is 6.06. The maximum atomic E-state index is 12.1. The van der Waals surface area contributed by atoms with E-state index in [4.69, 9.17) is 16.3 Å². The van der Waals surface area contributed by atoms with Gasteiger partial charge in [0.25, 0.3) is 5.91 Å². The Morgan fingerprint density at radius 2 is 1.55 bits per heavy atom. The molecule has 2 N–H and O–H groups in total. The van der Waals surface area contributed by atoms with Crippen molar-refractivity contribution in [1.82, 2.24) is 0 Å². The maximum Gasteiger partial charge on any atom is 0.262 e. The lowest BCUT2D eigenvalue weighted by atomic mass is 10.2. The third-order valence-electron chi connectivity index (χ3n) is 3.85. The molecule has 0 unspecified atom stereocenters. The number of para-hydroxylation sites is 1. The molecule has 6 heteroatoms. The molecule has 0 heterocycles. The number of amides is 2. The second kappa shape index (κ2) is 10.1. The average molecular weight is 407 g/mol. The average Bonchev–Trinajstić information content (AvgIpc) is 2.73. The summed E-state index contributed by atoms with van der Waals surface area (Å²) in [5.74, 6) is 0.0192. The molecule has 0 spiro atoms. The van der Waals surface area contributed by atoms with E-state index >= 15 is 0 Å². The van der Waals surface area contributed by atoms with Crippen LogP contribution in [0.1, 0.15) is 5.56 Å². The first kappa shape index (κ1) is 20.2. The molecule has 0 fully saturated rings. The molecule has 0 radical (unpaired) electrons. The Bertz CT molecular complexity index is 1020. The molecule has 0 saturated carbocycles. The van der Waals surface area contributed by atoms with Crippen molar-refractivity contribution < 1.29 is 14.3 Å². The Morgan fingerprint density at radius 3 is 2.31 bits per heavy atom. The van der Waals surface area contributed by atoms with E-state index in [-0.39, 0.29) is 18.4 Å². The van der Waals surface area contributed by atoms with Crippen LogP contribution in [0.3, 0.4) is 0 Å². The Hall–Kier alpha value is -3.57. The van der Waals surface area contributed by atoms with Crippen molar-refractivity contribution in [2.45, 2.75) is 0 Å². The third kappa shape index (κ3) is 6.52. The van der Waals surface area contributed by atoms with Gasteiger partial charge in [-0.3, -0.25) is 9.59 Å². The van der Waals surface area contributed by atoms with Gasteiger partial charge in [0, 0.05) is 22.5 Å². The van der Waals surface area contributed by atoms with E-state index in [1.54, 1.807) is 48.5 Å². The zero-order chi connectivity index (χ0) is 20.5. The number of carbonyl (C=O) groups is 2. The number of ether oxygens (including phenoxy) is 1. The first-order chi connectivity index (χ1) is 14.1. The second-order valence-corrected chi connectivity index (χ2v) is 6.48. The summed E-state index contributed by atoms with van der Waals surface area (Å²) in [7, 11) is 0. The van der Waals surface area contributed by atoms with Crippen LogP contribution in [0.2, 0.25) is 5.02 Å². The van der Waals surface area contributed by atoms with Crippen LogP contribution in [0.15, 0.2) is 84.9 Å². The van der Waals surface area contributed by atoms with E-state index in [0.717, 1.165) is 5.56 Å². The van der Waals surface area contributed by atoms with Gasteiger partial charge < -0.3 is 15.4 Å². The minimum absolute atomic E-state index is 0.110. The fourth-order valence-electron chi connectivity index (χ4n) is 2.50. The molecule has 5 nitrogen and oxygen atoms in total. The fourth-order valence-corrected chi connectivity index (χ4v) is 2.70. The molecule has 0 atom stereocenters. The molecule has 0 aromatic heterocycles. The van der Waals surface area contributed by atoms with Gasteiger partial charge in [0.15, 0.2) is 6.61 Å². The highest BCUT2D eigenvalue weighted by atomic mass is 35.5. The lowest BCUT2D eigenvalue weighted by Crippen LogP contribution is -2.20. The molecule has 3 aromatic carbocycles. The number of hydrogen-bond acceptors (Lipinski definition) is 3. The fraction of sp³-hybridized carbons (Fsp3) is 0.0435. The van der Waals surface area contributed by atoms with Gasteiger partial charge >= 0.3 is 0 Å². The quantitative estimate of drug-likeness (QED) is 0.542. The highest BCUT2D eigenvalue weighted by Crippen LogP contribution is 2.18. The molecule has 0 aliphatic rings. The summed E-state index contributed by atoms with van der Waals surface area (Å²) in [5.41, 5.74) is 1.86. The number of carbonyl (C=O) groups excluding carboxylic acids is 2. The van der Waals surface area contributed by atoms with E-state index in [1.165, 1.54) is 6.08 Å². The SMILES string of the molecule is O=C(/C=C/c1ccccc1Cl)Nc1cccc(NC(=O)COc2ccccc2)c1. The Labute approximate surface area is 174 Å². The van der Waals surface area contributed by atoms with Crippen molar-refractivity contribution in [3.05, 3.63) is 95.5 Å². The first-order valence-corrected chi connectivity index (χ1v) is 9.29. The molecule has 3 aromatic rings. The van der Waals surface area contributed by atoms with Gasteiger partial charge in [-0.15, -0.1) is 0 Å². The second-order valence-electron chi connectivity index (χ2n) is 6.07. The van der Waals surface area contributed by atoms with Crippen LogP contribution in [0.25, 0.3) is 6.08 Å². The molecule has 0 bridgehead atoms. The standard InChI is InChI=1S/C23H19ClN2O3/c24-21-12-5-4-7-17(21)13-14-22(27)25-18-8-6-9-19(15-18)26-23(28)16-29-20-10-2-1-3-11-20/h1-15H,16H2,(H,25,27)(H,26,28)/b14-13+. The van der Waals surface area contributed by atoms with Crippen LogP contribution in [0, 0.1) is 0 Å². The highest BCUT2D eigenvalue weighted by Gasteiger charge is 2.05. The molecule has 3 rings (SSSR count). The minimum atomic E-state index is -0.305. The smallest absolute Gasteiger partial charge is 0.262 e. The van der Waals surface area contributed by atoms with Crippen molar-refractivity contribution >= 4 is 40.9 Å². The van der Waals surface area contributed by atoms with Crippen molar-refractivity contribution in [1.29, 1.82) is 0 Å². The summed E-state index contributed by atoms with van der Waals surface area (Å²) < 4.78 is 5.42. The summed E-state index contributed by atoms with van der Waals surface area (Å²) >= 11 is 6.07. The van der Waals surface area contributed by atoms with Crippen LogP contribution >= 0.6 is 11.6 Å². The van der Waals surface area contributed by atoms with E-state index in [0.29, 0.717) is 22.1 Å². The Balaban J connectivity index is 1.54. The topological polar surface area (TPSA) is 67.4 Å². The summed E-state index contributed by atoms with van der Waals surface area (Å²) in [6.45, 7) is -0.110. The Kier molecular flexibility index (Phi) is 7.03. The normalized spacial score (nSPS) is 10.5. The van der Waals surface area contributed by atoms with E-state index < -0.39 is 0 Å². The summed E-state index contributed by atoms with van der Waals surface area (Å²) in [6, 6.07) is 23.2. The zero-order valence-electron chi connectivity index (χ0n) is 15.5. The predicted octanol–water partition coefficient (Wildman–Crippen LogP) is 5.01. The van der Waals surface area contributed by atoms with Crippen LogP contribution in [-0.2, 0) is 9.59 Å². The monoisotopic (exact) mass is 406 g/mol. The van der Waals surface area contributed by atoms with Gasteiger partial charge in [0.05, 0.1) is 0 Å². The number of halogens is 1. The van der Waals surface area contributed by atoms with Gasteiger partial charge in [-0.2, -0.15) is 0 Å². The van der Waals surface area contributed by atoms with Gasteiger partial charge in [0.1, 0.15) is 5.75 Å². The molecule has 29 heavy (non-hydrogen) atoms. The van der Waals surface area contributed by atoms with Crippen molar-refractivity contribution in [3.8, 4) is 5.75 Å².